The number of hydrogen-bond donors (Lipinski definition) is 2. The monoisotopic (exact) mass is 346 g/mol. The minimum atomic E-state index is -0.306. The van der Waals surface area contributed by atoms with Gasteiger partial charge in [0.05, 0.1) is 6.54 Å². The van der Waals surface area contributed by atoms with Gasteiger partial charge in [-0.1, -0.05) is 6.07 Å². The maximum Gasteiger partial charge on any atom is 0.270 e. The van der Waals surface area contributed by atoms with Crippen LogP contribution in [0.3, 0.4) is 0 Å². The molecule has 122 valence electrons. The van der Waals surface area contributed by atoms with E-state index in [-0.39, 0.29) is 43.2 Å². The Balaban J connectivity index is 0.00000121. The summed E-state index contributed by atoms with van der Waals surface area (Å²) in [5.74, 6) is 0.833. The third kappa shape index (κ3) is 4.09. The summed E-state index contributed by atoms with van der Waals surface area (Å²) in [4.78, 5) is 29.7. The molecule has 0 unspecified atom stereocenters. The number of rotatable bonds is 3. The molecule has 2 saturated heterocycles. The van der Waals surface area contributed by atoms with Crippen molar-refractivity contribution in [2.45, 2.75) is 0 Å². The summed E-state index contributed by atoms with van der Waals surface area (Å²) in [6.07, 6.45) is 1.56. The van der Waals surface area contributed by atoms with Crippen LogP contribution in [0.1, 0.15) is 10.5 Å². The summed E-state index contributed by atoms with van der Waals surface area (Å²) in [7, 11) is 0. The Bertz CT molecular complexity index is 503. The smallest absolute Gasteiger partial charge is 0.270 e. The van der Waals surface area contributed by atoms with Crippen LogP contribution >= 0.6 is 24.8 Å². The van der Waals surface area contributed by atoms with Crippen molar-refractivity contribution in [2.75, 3.05) is 32.7 Å². The zero-order chi connectivity index (χ0) is 13.9. The predicted molar refractivity (Wildman–Crippen MR) is 87.5 cm³/mol. The van der Waals surface area contributed by atoms with Gasteiger partial charge in [0, 0.05) is 32.4 Å². The second kappa shape index (κ2) is 8.31. The normalized spacial score (nSPS) is 22.3. The predicted octanol–water partition coefficient (Wildman–Crippen LogP) is 0.333. The Morgan fingerprint density at radius 2 is 1.91 bits per heavy atom. The largest absolute Gasteiger partial charge is 0.342 e. The van der Waals surface area contributed by atoms with E-state index in [1.54, 1.807) is 24.4 Å². The number of nitrogens with zero attached hydrogens (tertiary/aromatic N) is 2. The molecule has 1 aromatic rings. The lowest BCUT2D eigenvalue weighted by Gasteiger charge is -2.17. The minimum absolute atomic E-state index is 0. The van der Waals surface area contributed by atoms with Crippen LogP contribution in [0.2, 0.25) is 0 Å². The third-order valence-corrected chi connectivity index (χ3v) is 4.04. The molecule has 0 aromatic carbocycles. The molecule has 2 amide bonds. The number of aromatic nitrogens is 1. The average Bonchev–Trinajstić information content (AvgIpc) is 3.06. The lowest BCUT2D eigenvalue weighted by molar-refractivity contribution is -0.129. The number of nitrogens with one attached hydrogen (secondary N) is 2. The van der Waals surface area contributed by atoms with Crippen molar-refractivity contribution in [1.82, 2.24) is 20.5 Å². The Morgan fingerprint density at radius 3 is 2.50 bits per heavy atom. The van der Waals surface area contributed by atoms with Crippen LogP contribution in [-0.4, -0.2) is 54.4 Å². The van der Waals surface area contributed by atoms with Crippen LogP contribution in [0.15, 0.2) is 24.4 Å². The van der Waals surface area contributed by atoms with Crippen LogP contribution in [0, 0.1) is 11.8 Å². The first-order valence-electron chi connectivity index (χ1n) is 6.92. The lowest BCUT2D eigenvalue weighted by Crippen LogP contribution is -2.40. The molecule has 2 atom stereocenters. The molecule has 2 aliphatic heterocycles. The van der Waals surface area contributed by atoms with Crippen molar-refractivity contribution < 1.29 is 9.59 Å². The molecule has 2 N–H and O–H groups in total. The number of pyridine rings is 1. The summed E-state index contributed by atoms with van der Waals surface area (Å²) in [6.45, 7) is 3.64. The highest BCUT2D eigenvalue weighted by atomic mass is 35.5. The lowest BCUT2D eigenvalue weighted by atomic mass is 10.0. The standard InChI is InChI=1S/C14H18N4O2.2ClH/c19-13(18-8-10-5-15-6-11(10)9-18)7-17-14(20)12-3-1-2-4-16-12;;/h1-4,10-11,15H,5-9H2,(H,17,20);2*1H/t10-,11+;;. The summed E-state index contributed by atoms with van der Waals surface area (Å²) >= 11 is 0. The highest BCUT2D eigenvalue weighted by Gasteiger charge is 2.37. The average molecular weight is 347 g/mol. The van der Waals surface area contributed by atoms with E-state index in [0.29, 0.717) is 17.5 Å². The van der Waals surface area contributed by atoms with E-state index < -0.39 is 0 Å². The first-order chi connectivity index (χ1) is 9.74. The van der Waals surface area contributed by atoms with Gasteiger partial charge in [0.1, 0.15) is 5.69 Å². The van der Waals surface area contributed by atoms with Crippen LogP contribution in [0.25, 0.3) is 0 Å². The van der Waals surface area contributed by atoms with Gasteiger partial charge in [0.2, 0.25) is 5.91 Å². The van der Waals surface area contributed by atoms with Gasteiger partial charge in [-0.3, -0.25) is 14.6 Å². The molecule has 0 saturated carbocycles. The van der Waals surface area contributed by atoms with E-state index in [1.807, 2.05) is 4.90 Å². The molecule has 3 heterocycles. The molecule has 2 fully saturated rings. The number of fused-ring (bicyclic) bond motifs is 1. The quantitative estimate of drug-likeness (QED) is 0.827. The van der Waals surface area contributed by atoms with Gasteiger partial charge >= 0.3 is 0 Å². The summed E-state index contributed by atoms with van der Waals surface area (Å²) in [5, 5.41) is 5.97. The highest BCUT2D eigenvalue weighted by molar-refractivity contribution is 5.94. The van der Waals surface area contributed by atoms with Crippen LogP contribution < -0.4 is 10.6 Å². The first-order valence-corrected chi connectivity index (χ1v) is 6.92. The molecular weight excluding hydrogens is 327 g/mol. The molecule has 0 bridgehead atoms. The molecule has 0 spiro atoms. The fourth-order valence-corrected chi connectivity index (χ4v) is 2.91. The van der Waals surface area contributed by atoms with Crippen molar-refractivity contribution in [1.29, 1.82) is 0 Å². The van der Waals surface area contributed by atoms with Gasteiger partial charge in [0.25, 0.3) is 5.91 Å². The summed E-state index contributed by atoms with van der Waals surface area (Å²) < 4.78 is 0. The Labute approximate surface area is 141 Å². The molecule has 6 nitrogen and oxygen atoms in total. The van der Waals surface area contributed by atoms with E-state index in [0.717, 1.165) is 26.2 Å². The van der Waals surface area contributed by atoms with E-state index in [4.69, 9.17) is 0 Å². The SMILES string of the molecule is Cl.Cl.O=C(NCC(=O)N1C[C@H]2CNC[C@H]2C1)c1ccccn1. The maximum atomic E-state index is 12.1. The fourth-order valence-electron chi connectivity index (χ4n) is 2.91. The van der Waals surface area contributed by atoms with E-state index >= 15 is 0 Å². The van der Waals surface area contributed by atoms with Crippen molar-refractivity contribution in [3.05, 3.63) is 30.1 Å². The number of likely N-dealkylation sites (tertiary alicyclic amines) is 1. The molecule has 8 heteroatoms. The molecule has 22 heavy (non-hydrogen) atoms. The van der Waals surface area contributed by atoms with Crippen molar-refractivity contribution >= 4 is 36.6 Å². The fraction of sp³-hybridized carbons (Fsp3) is 0.500. The van der Waals surface area contributed by atoms with Gasteiger partial charge in [-0.05, 0) is 24.0 Å². The zero-order valence-electron chi connectivity index (χ0n) is 12.0. The van der Waals surface area contributed by atoms with Crippen molar-refractivity contribution in [3.63, 3.8) is 0 Å². The molecular formula is C14H20Cl2N4O2. The number of carbonyl (C=O) groups is 2. The second-order valence-electron chi connectivity index (χ2n) is 5.37. The molecule has 2 aliphatic rings. The van der Waals surface area contributed by atoms with E-state index in [9.17, 15) is 9.59 Å². The highest BCUT2D eigenvalue weighted by Crippen LogP contribution is 2.25. The molecule has 3 rings (SSSR count). The van der Waals surface area contributed by atoms with Crippen molar-refractivity contribution in [3.8, 4) is 0 Å². The minimum Gasteiger partial charge on any atom is -0.342 e. The summed E-state index contributed by atoms with van der Waals surface area (Å²) in [6, 6.07) is 5.13. The number of halogens is 2. The van der Waals surface area contributed by atoms with E-state index in [1.165, 1.54) is 0 Å². The Hall–Kier alpha value is -1.37. The van der Waals surface area contributed by atoms with Gasteiger partial charge in [-0.2, -0.15) is 0 Å². The third-order valence-electron chi connectivity index (χ3n) is 4.04. The number of hydrogen-bond acceptors (Lipinski definition) is 4. The molecule has 1 aromatic heterocycles. The van der Waals surface area contributed by atoms with Gasteiger partial charge in [-0.15, -0.1) is 24.8 Å². The maximum absolute atomic E-state index is 12.1. The second-order valence-corrected chi connectivity index (χ2v) is 5.37. The van der Waals surface area contributed by atoms with Crippen LogP contribution in [0.5, 0.6) is 0 Å². The molecule has 0 radical (unpaired) electrons. The molecule has 0 aliphatic carbocycles. The topological polar surface area (TPSA) is 74.3 Å². The van der Waals surface area contributed by atoms with Gasteiger partial charge in [-0.25, -0.2) is 0 Å². The Morgan fingerprint density at radius 1 is 1.23 bits per heavy atom. The van der Waals surface area contributed by atoms with Gasteiger partial charge in [0.15, 0.2) is 0 Å². The number of amides is 2. The van der Waals surface area contributed by atoms with Gasteiger partial charge < -0.3 is 15.5 Å². The van der Waals surface area contributed by atoms with E-state index in [2.05, 4.69) is 15.6 Å². The zero-order valence-corrected chi connectivity index (χ0v) is 13.7. The van der Waals surface area contributed by atoms with Crippen molar-refractivity contribution in [2.24, 2.45) is 11.8 Å². The summed E-state index contributed by atoms with van der Waals surface area (Å²) in [5.41, 5.74) is 0.336. The first kappa shape index (κ1) is 18.7. The van der Waals surface area contributed by atoms with Crippen LogP contribution in [-0.2, 0) is 4.79 Å². The Kier molecular flexibility index (Phi) is 7.06. The number of carbonyl (C=O) groups excluding carboxylic acids is 2. The van der Waals surface area contributed by atoms with Crippen LogP contribution in [0.4, 0.5) is 0 Å².